The molecule has 8 nitrogen and oxygen atoms in total. The van der Waals surface area contributed by atoms with E-state index in [2.05, 4.69) is 29.4 Å². The van der Waals surface area contributed by atoms with Crippen molar-refractivity contribution >= 4 is 34.9 Å². The van der Waals surface area contributed by atoms with E-state index in [1.54, 1.807) is 0 Å². The summed E-state index contributed by atoms with van der Waals surface area (Å²) in [7, 11) is 4.25. The van der Waals surface area contributed by atoms with Crippen LogP contribution in [0.2, 0.25) is 5.15 Å². The van der Waals surface area contributed by atoms with Crippen molar-refractivity contribution in [1.29, 1.82) is 0 Å². The predicted octanol–water partition coefficient (Wildman–Crippen LogP) is 2.93. The summed E-state index contributed by atoms with van der Waals surface area (Å²) in [6.07, 6.45) is 4.67. The molecule has 0 saturated heterocycles. The fourth-order valence-corrected chi connectivity index (χ4v) is 3.35. The molecule has 1 aromatic heterocycles. The Morgan fingerprint density at radius 2 is 1.65 bits per heavy atom. The first kappa shape index (κ1) is 24.6. The van der Waals surface area contributed by atoms with Gasteiger partial charge in [-0.05, 0) is 19.3 Å². The number of amides is 1. The highest BCUT2D eigenvalue weighted by molar-refractivity contribution is 6.31. The Hall–Kier alpha value is -2.71. The molecule has 1 aromatic carbocycles. The lowest BCUT2D eigenvalue weighted by Gasteiger charge is -2.30. The van der Waals surface area contributed by atoms with Gasteiger partial charge in [0.15, 0.2) is 28.3 Å². The first-order chi connectivity index (χ1) is 14.7. The number of hydrogen-bond acceptors (Lipinski definition) is 6. The van der Waals surface area contributed by atoms with Crippen molar-refractivity contribution in [1.82, 2.24) is 15.3 Å². The van der Waals surface area contributed by atoms with Gasteiger partial charge in [-0.2, -0.15) is 0 Å². The topological polar surface area (TPSA) is 124 Å². The van der Waals surface area contributed by atoms with E-state index < -0.39 is 5.91 Å². The van der Waals surface area contributed by atoms with Gasteiger partial charge in [0.2, 0.25) is 0 Å². The van der Waals surface area contributed by atoms with E-state index in [1.165, 1.54) is 0 Å². The van der Waals surface area contributed by atoms with Gasteiger partial charge in [-0.3, -0.25) is 9.59 Å². The number of hydrogen-bond donors (Lipinski definition) is 3. The molecule has 0 saturated carbocycles. The van der Waals surface area contributed by atoms with Crippen LogP contribution in [0.15, 0.2) is 30.3 Å². The highest BCUT2D eigenvalue weighted by Crippen LogP contribution is 2.17. The summed E-state index contributed by atoms with van der Waals surface area (Å²) in [6.45, 7) is 2.22. The zero-order chi connectivity index (χ0) is 22.9. The molecule has 0 unspecified atom stereocenters. The van der Waals surface area contributed by atoms with Crippen LogP contribution in [0.25, 0.3) is 0 Å². The number of nitrogens with zero attached hydrogens (tertiary/aromatic N) is 3. The van der Waals surface area contributed by atoms with Crippen molar-refractivity contribution in [3.63, 3.8) is 0 Å². The van der Waals surface area contributed by atoms with E-state index in [0.29, 0.717) is 13.0 Å². The monoisotopic (exact) mass is 447 g/mol. The lowest BCUT2D eigenvalue weighted by molar-refractivity contribution is -0.889. The van der Waals surface area contributed by atoms with E-state index in [1.807, 2.05) is 30.3 Å². The number of unbranched alkanes of at least 4 members (excludes halogenated alkanes) is 3. The smallest absolute Gasteiger partial charge is 0.273 e. The molecule has 0 atom stereocenters. The van der Waals surface area contributed by atoms with Crippen LogP contribution >= 0.6 is 11.6 Å². The second-order valence-electron chi connectivity index (χ2n) is 8.23. The normalized spacial score (nSPS) is 11.3. The van der Waals surface area contributed by atoms with Gasteiger partial charge < -0.3 is 21.3 Å². The highest BCUT2D eigenvalue weighted by Gasteiger charge is 2.18. The molecule has 1 amide bonds. The van der Waals surface area contributed by atoms with Crippen molar-refractivity contribution < 1.29 is 14.1 Å². The number of nitrogen functional groups attached to an aromatic ring is 2. The molecule has 2 rings (SSSR count). The van der Waals surface area contributed by atoms with E-state index in [0.717, 1.165) is 48.8 Å². The molecule has 0 aliphatic carbocycles. The molecule has 31 heavy (non-hydrogen) atoms. The first-order valence-corrected chi connectivity index (χ1v) is 10.8. The minimum absolute atomic E-state index is 0.00190. The third kappa shape index (κ3) is 8.15. The Morgan fingerprint density at radius 1 is 0.968 bits per heavy atom. The molecule has 9 heteroatoms. The maximum atomic E-state index is 12.3. The van der Waals surface area contributed by atoms with Crippen LogP contribution in [-0.2, 0) is 0 Å². The molecular formula is C22H32ClN6O2+. The average Bonchev–Trinajstić information content (AvgIpc) is 2.73. The molecule has 0 fully saturated rings. The van der Waals surface area contributed by atoms with Gasteiger partial charge in [-0.1, -0.05) is 48.4 Å². The minimum Gasteiger partial charge on any atom is -0.382 e. The standard InChI is InChI=1S/C22H31ClN6O2/c1-29(2,14-9-4-3-8-12-17(30)16-10-6-5-7-11-16)15-13-26-22(31)18-20(24)28-21(25)19(23)27-18/h5-7,10-11H,3-4,8-9,12-15H2,1-2H3,(H4-,24,25,26,28,31)/p+1. The van der Waals surface area contributed by atoms with Crippen molar-refractivity contribution in [2.45, 2.75) is 32.1 Å². The maximum absolute atomic E-state index is 12.3. The number of anilines is 2. The summed E-state index contributed by atoms with van der Waals surface area (Å²) >= 11 is 5.82. The zero-order valence-corrected chi connectivity index (χ0v) is 19.0. The van der Waals surface area contributed by atoms with Crippen LogP contribution in [0.3, 0.4) is 0 Å². The molecule has 0 aliphatic rings. The quantitative estimate of drug-likeness (QED) is 0.261. The number of rotatable bonds is 12. The van der Waals surface area contributed by atoms with Gasteiger partial charge in [0.25, 0.3) is 5.91 Å². The summed E-state index contributed by atoms with van der Waals surface area (Å²) in [4.78, 5) is 32.1. The largest absolute Gasteiger partial charge is 0.382 e. The number of nitrogens with two attached hydrogens (primary N) is 2. The number of carbonyl (C=O) groups excluding carboxylic acids is 2. The fraction of sp³-hybridized carbons (Fsp3) is 0.455. The third-order valence-electron chi connectivity index (χ3n) is 5.14. The number of carbonyl (C=O) groups is 2. The molecule has 0 radical (unpaired) electrons. The van der Waals surface area contributed by atoms with Crippen LogP contribution < -0.4 is 16.8 Å². The van der Waals surface area contributed by atoms with Crippen LogP contribution in [0.4, 0.5) is 11.6 Å². The minimum atomic E-state index is -0.421. The van der Waals surface area contributed by atoms with E-state index in [9.17, 15) is 9.59 Å². The van der Waals surface area contributed by atoms with E-state index >= 15 is 0 Å². The fourth-order valence-electron chi connectivity index (χ4n) is 3.22. The summed E-state index contributed by atoms with van der Waals surface area (Å²) in [5, 5.41) is 2.77. The highest BCUT2D eigenvalue weighted by atomic mass is 35.5. The van der Waals surface area contributed by atoms with Crippen LogP contribution in [-0.4, -0.2) is 59.9 Å². The van der Waals surface area contributed by atoms with Gasteiger partial charge in [-0.25, -0.2) is 9.97 Å². The molecule has 2 aromatic rings. The number of halogens is 1. The molecule has 168 valence electrons. The summed E-state index contributed by atoms with van der Waals surface area (Å²) in [5.74, 6) is -0.257. The molecule has 5 N–H and O–H groups in total. The number of ketones is 1. The van der Waals surface area contributed by atoms with Crippen LogP contribution in [0.5, 0.6) is 0 Å². The van der Waals surface area contributed by atoms with Crippen molar-refractivity contribution in [2.24, 2.45) is 0 Å². The van der Waals surface area contributed by atoms with Crippen LogP contribution in [0, 0.1) is 0 Å². The number of Topliss-reactive ketones (excluding diaryl/α,β-unsaturated/α-hetero) is 1. The van der Waals surface area contributed by atoms with Crippen LogP contribution in [0.1, 0.15) is 53.0 Å². The van der Waals surface area contributed by atoms with E-state index in [4.69, 9.17) is 23.1 Å². The second-order valence-corrected chi connectivity index (χ2v) is 8.58. The number of likely N-dealkylation sites (N-methyl/N-ethyl adjacent to an activating group) is 1. The number of nitrogens with one attached hydrogen (secondary N) is 1. The van der Waals surface area contributed by atoms with Gasteiger partial charge in [-0.15, -0.1) is 0 Å². The lowest BCUT2D eigenvalue weighted by atomic mass is 10.0. The Labute approximate surface area is 188 Å². The Bertz CT molecular complexity index is 889. The van der Waals surface area contributed by atoms with Gasteiger partial charge >= 0.3 is 0 Å². The first-order valence-electron chi connectivity index (χ1n) is 10.5. The maximum Gasteiger partial charge on any atom is 0.273 e. The van der Waals surface area contributed by atoms with Gasteiger partial charge in [0.05, 0.1) is 33.7 Å². The summed E-state index contributed by atoms with van der Waals surface area (Å²) in [6, 6.07) is 9.43. The van der Waals surface area contributed by atoms with Gasteiger partial charge in [0, 0.05) is 12.0 Å². The summed E-state index contributed by atoms with van der Waals surface area (Å²) < 4.78 is 0.771. The summed E-state index contributed by atoms with van der Waals surface area (Å²) in [5.41, 5.74) is 12.0. The molecule has 1 heterocycles. The van der Waals surface area contributed by atoms with Crippen molar-refractivity contribution in [3.8, 4) is 0 Å². The van der Waals surface area contributed by atoms with Crippen molar-refractivity contribution in [2.75, 3.05) is 45.2 Å². The Balaban J connectivity index is 1.63. The third-order valence-corrected chi connectivity index (χ3v) is 5.41. The lowest BCUT2D eigenvalue weighted by Crippen LogP contribution is -2.46. The predicted molar refractivity (Wildman–Crippen MR) is 124 cm³/mol. The SMILES string of the molecule is C[N+](C)(CCCCCCC(=O)c1ccccc1)CCNC(=O)c1nc(Cl)c(N)nc1N. The molecule has 0 aliphatic heterocycles. The molecule has 0 spiro atoms. The van der Waals surface area contributed by atoms with Crippen molar-refractivity contribution in [3.05, 3.63) is 46.7 Å². The average molecular weight is 448 g/mol. The Kier molecular flexibility index (Phi) is 9.21. The molecular weight excluding hydrogens is 416 g/mol. The Morgan fingerprint density at radius 3 is 2.35 bits per heavy atom. The zero-order valence-electron chi connectivity index (χ0n) is 18.2. The van der Waals surface area contributed by atoms with E-state index in [-0.39, 0.29) is 28.3 Å². The number of benzene rings is 1. The number of quaternary nitrogens is 1. The second kappa shape index (κ2) is 11.6. The molecule has 0 bridgehead atoms. The number of aromatic nitrogens is 2. The van der Waals surface area contributed by atoms with Gasteiger partial charge in [0.1, 0.15) is 0 Å².